The van der Waals surface area contributed by atoms with Crippen molar-refractivity contribution in [2.24, 2.45) is 0 Å². The van der Waals surface area contributed by atoms with E-state index in [-0.39, 0.29) is 0 Å². The fraction of sp³-hybridized carbons (Fsp3) is 0.308. The molecule has 1 N–H and O–H groups in total. The molecular formula is C13H15BrClN3. The molecule has 0 bridgehead atoms. The van der Waals surface area contributed by atoms with E-state index in [4.69, 9.17) is 11.6 Å². The first-order chi connectivity index (χ1) is 8.60. The molecule has 18 heavy (non-hydrogen) atoms. The molecule has 0 aliphatic carbocycles. The Morgan fingerprint density at radius 3 is 2.89 bits per heavy atom. The molecule has 5 heteroatoms. The molecule has 0 atom stereocenters. The summed E-state index contributed by atoms with van der Waals surface area (Å²) in [4.78, 5) is 4.48. The summed E-state index contributed by atoms with van der Waals surface area (Å²) in [5.74, 6) is 0.864. The molecule has 0 radical (unpaired) electrons. The van der Waals surface area contributed by atoms with Crippen LogP contribution in [0.4, 0.5) is 11.6 Å². The zero-order valence-corrected chi connectivity index (χ0v) is 12.7. The minimum absolute atomic E-state index is 0.702. The van der Waals surface area contributed by atoms with Crippen molar-refractivity contribution in [1.82, 2.24) is 9.55 Å². The Labute approximate surface area is 120 Å². The van der Waals surface area contributed by atoms with Crippen molar-refractivity contribution in [3.63, 3.8) is 0 Å². The van der Waals surface area contributed by atoms with Gasteiger partial charge in [-0.25, -0.2) is 4.98 Å². The summed E-state index contributed by atoms with van der Waals surface area (Å²) < 4.78 is 3.00. The van der Waals surface area contributed by atoms with Crippen molar-refractivity contribution in [2.45, 2.75) is 26.8 Å². The molecule has 0 aliphatic rings. The van der Waals surface area contributed by atoms with Gasteiger partial charge in [-0.15, -0.1) is 0 Å². The smallest absolute Gasteiger partial charge is 0.207 e. The average Bonchev–Trinajstić information content (AvgIpc) is 2.65. The maximum absolute atomic E-state index is 5.97. The van der Waals surface area contributed by atoms with Crippen molar-refractivity contribution < 1.29 is 0 Å². The lowest BCUT2D eigenvalue weighted by atomic mass is 10.3. The number of benzene rings is 1. The van der Waals surface area contributed by atoms with Crippen LogP contribution >= 0.6 is 27.5 Å². The first-order valence-electron chi connectivity index (χ1n) is 5.86. The van der Waals surface area contributed by atoms with Gasteiger partial charge in [0.15, 0.2) is 0 Å². The zero-order valence-electron chi connectivity index (χ0n) is 10.4. The van der Waals surface area contributed by atoms with E-state index in [0.29, 0.717) is 5.02 Å². The lowest BCUT2D eigenvalue weighted by Gasteiger charge is -2.09. The highest BCUT2D eigenvalue weighted by Crippen LogP contribution is 2.27. The SMILES string of the molecule is CCCn1cc(C)nc1Nc1ccc(Cl)c(Br)c1. The maximum atomic E-state index is 5.97. The average molecular weight is 329 g/mol. The van der Waals surface area contributed by atoms with Crippen LogP contribution in [0, 0.1) is 6.92 Å². The zero-order chi connectivity index (χ0) is 13.1. The molecule has 0 amide bonds. The number of halogens is 2. The summed E-state index contributed by atoms with van der Waals surface area (Å²) >= 11 is 9.39. The second-order valence-electron chi connectivity index (χ2n) is 4.15. The number of anilines is 2. The van der Waals surface area contributed by atoms with Gasteiger partial charge in [0.25, 0.3) is 0 Å². The Kier molecular flexibility index (Phi) is 4.30. The Balaban J connectivity index is 2.24. The summed E-state index contributed by atoms with van der Waals surface area (Å²) in [6.45, 7) is 5.10. The van der Waals surface area contributed by atoms with Crippen molar-refractivity contribution in [1.29, 1.82) is 0 Å². The molecule has 0 spiro atoms. The van der Waals surface area contributed by atoms with E-state index in [1.54, 1.807) is 0 Å². The number of rotatable bonds is 4. The first kappa shape index (κ1) is 13.4. The minimum atomic E-state index is 0.702. The summed E-state index contributed by atoms with van der Waals surface area (Å²) in [6, 6.07) is 5.74. The second kappa shape index (κ2) is 5.76. The predicted octanol–water partition coefficient (Wildman–Crippen LogP) is 4.76. The predicted molar refractivity (Wildman–Crippen MR) is 79.7 cm³/mol. The molecule has 3 nitrogen and oxygen atoms in total. The van der Waals surface area contributed by atoms with Crippen molar-refractivity contribution in [3.8, 4) is 0 Å². The van der Waals surface area contributed by atoms with Crippen LogP contribution in [-0.2, 0) is 6.54 Å². The number of hydrogen-bond donors (Lipinski definition) is 1. The highest BCUT2D eigenvalue weighted by Gasteiger charge is 2.06. The molecule has 1 heterocycles. The molecule has 0 saturated heterocycles. The van der Waals surface area contributed by atoms with Crippen LogP contribution in [0.3, 0.4) is 0 Å². The molecule has 0 saturated carbocycles. The second-order valence-corrected chi connectivity index (χ2v) is 5.41. The molecule has 1 aromatic carbocycles. The van der Waals surface area contributed by atoms with Gasteiger partial charge in [0, 0.05) is 22.9 Å². The van der Waals surface area contributed by atoms with Gasteiger partial charge in [0.2, 0.25) is 5.95 Å². The van der Waals surface area contributed by atoms with Crippen LogP contribution in [0.25, 0.3) is 0 Å². The van der Waals surface area contributed by atoms with Crippen LogP contribution in [0.1, 0.15) is 19.0 Å². The highest BCUT2D eigenvalue weighted by molar-refractivity contribution is 9.10. The first-order valence-corrected chi connectivity index (χ1v) is 7.03. The molecule has 96 valence electrons. The number of aromatic nitrogens is 2. The van der Waals surface area contributed by atoms with E-state index in [2.05, 4.69) is 43.9 Å². The van der Waals surface area contributed by atoms with E-state index in [9.17, 15) is 0 Å². The maximum Gasteiger partial charge on any atom is 0.207 e. The van der Waals surface area contributed by atoms with Gasteiger partial charge in [-0.3, -0.25) is 0 Å². The Hall–Kier alpha value is -1.000. The van der Waals surface area contributed by atoms with Gasteiger partial charge in [0.1, 0.15) is 0 Å². The monoisotopic (exact) mass is 327 g/mol. The molecule has 2 rings (SSSR count). The van der Waals surface area contributed by atoms with Gasteiger partial charge in [0.05, 0.1) is 10.7 Å². The van der Waals surface area contributed by atoms with Crippen LogP contribution in [-0.4, -0.2) is 9.55 Å². The van der Waals surface area contributed by atoms with Gasteiger partial charge < -0.3 is 9.88 Å². The minimum Gasteiger partial charge on any atom is -0.326 e. The van der Waals surface area contributed by atoms with Crippen LogP contribution in [0.2, 0.25) is 5.02 Å². The van der Waals surface area contributed by atoms with E-state index in [1.165, 1.54) is 0 Å². The normalized spacial score (nSPS) is 10.7. The summed E-state index contributed by atoms with van der Waals surface area (Å²) in [6.07, 6.45) is 3.13. The summed E-state index contributed by atoms with van der Waals surface area (Å²) in [7, 11) is 0. The Bertz CT molecular complexity index is 551. The number of imidazole rings is 1. The van der Waals surface area contributed by atoms with Gasteiger partial charge in [-0.2, -0.15) is 0 Å². The number of aryl methyl sites for hydroxylation is 2. The van der Waals surface area contributed by atoms with Crippen LogP contribution in [0.5, 0.6) is 0 Å². The van der Waals surface area contributed by atoms with Crippen LogP contribution in [0.15, 0.2) is 28.9 Å². The topological polar surface area (TPSA) is 29.9 Å². The van der Waals surface area contributed by atoms with E-state index in [0.717, 1.165) is 34.8 Å². The fourth-order valence-electron chi connectivity index (χ4n) is 1.76. The van der Waals surface area contributed by atoms with Crippen molar-refractivity contribution in [2.75, 3.05) is 5.32 Å². The van der Waals surface area contributed by atoms with Gasteiger partial charge >= 0.3 is 0 Å². The quantitative estimate of drug-likeness (QED) is 0.877. The van der Waals surface area contributed by atoms with Crippen LogP contribution < -0.4 is 5.32 Å². The number of nitrogens with zero attached hydrogens (tertiary/aromatic N) is 2. The molecule has 1 aromatic heterocycles. The van der Waals surface area contributed by atoms with Gasteiger partial charge in [-0.1, -0.05) is 18.5 Å². The highest BCUT2D eigenvalue weighted by atomic mass is 79.9. The van der Waals surface area contributed by atoms with Crippen molar-refractivity contribution in [3.05, 3.63) is 39.6 Å². The van der Waals surface area contributed by atoms with E-state index < -0.39 is 0 Å². The third kappa shape index (κ3) is 3.06. The molecule has 0 aliphatic heterocycles. The van der Waals surface area contributed by atoms with E-state index >= 15 is 0 Å². The van der Waals surface area contributed by atoms with Crippen molar-refractivity contribution >= 4 is 39.2 Å². The Morgan fingerprint density at radius 2 is 2.22 bits per heavy atom. The number of nitrogens with one attached hydrogen (secondary N) is 1. The largest absolute Gasteiger partial charge is 0.326 e. The summed E-state index contributed by atoms with van der Waals surface area (Å²) in [5.41, 5.74) is 1.98. The fourth-order valence-corrected chi connectivity index (χ4v) is 2.26. The molecule has 2 aromatic rings. The Morgan fingerprint density at radius 1 is 1.44 bits per heavy atom. The summed E-state index contributed by atoms with van der Waals surface area (Å²) in [5, 5.41) is 4.01. The standard InChI is InChI=1S/C13H15BrClN3/c1-3-6-18-8-9(2)16-13(18)17-10-4-5-12(15)11(14)7-10/h4-5,7-8H,3,6H2,1-2H3,(H,16,17). The lowest BCUT2D eigenvalue weighted by Crippen LogP contribution is -2.02. The number of hydrogen-bond acceptors (Lipinski definition) is 2. The third-order valence-electron chi connectivity index (χ3n) is 2.54. The molecule has 0 unspecified atom stereocenters. The van der Waals surface area contributed by atoms with Gasteiger partial charge in [-0.05, 0) is 47.5 Å². The third-order valence-corrected chi connectivity index (χ3v) is 3.75. The molecular weight excluding hydrogens is 314 g/mol. The lowest BCUT2D eigenvalue weighted by molar-refractivity contribution is 0.686. The molecule has 0 fully saturated rings. The van der Waals surface area contributed by atoms with E-state index in [1.807, 2.05) is 25.1 Å².